The number of carbonyl (C=O) groups is 1. The molecule has 1 aliphatic rings. The van der Waals surface area contributed by atoms with Crippen LogP contribution >= 0.6 is 0 Å². The van der Waals surface area contributed by atoms with Crippen LogP contribution in [0.1, 0.15) is 28.9 Å². The topological polar surface area (TPSA) is 34.9 Å². The van der Waals surface area contributed by atoms with Crippen molar-refractivity contribution < 1.29 is 4.79 Å². The maximum Gasteiger partial charge on any atom is 0.166 e. The van der Waals surface area contributed by atoms with Crippen LogP contribution < -0.4 is 0 Å². The van der Waals surface area contributed by atoms with E-state index >= 15 is 0 Å². The minimum atomic E-state index is 0.234. The van der Waals surface area contributed by atoms with E-state index in [9.17, 15) is 4.79 Å². The number of aryl methyl sites for hydroxylation is 2. The molecule has 0 spiro atoms. The summed E-state index contributed by atoms with van der Waals surface area (Å²) in [5.74, 6) is 0.234. The number of benzene rings is 1. The van der Waals surface area contributed by atoms with Gasteiger partial charge >= 0.3 is 0 Å². The van der Waals surface area contributed by atoms with Gasteiger partial charge in [0, 0.05) is 19.0 Å². The van der Waals surface area contributed by atoms with Gasteiger partial charge in [-0.3, -0.25) is 9.48 Å². The van der Waals surface area contributed by atoms with Crippen molar-refractivity contribution in [1.29, 1.82) is 0 Å². The quantitative estimate of drug-likeness (QED) is 0.749. The largest absolute Gasteiger partial charge is 0.294 e. The lowest BCUT2D eigenvalue weighted by atomic mass is 9.92. The van der Waals surface area contributed by atoms with Gasteiger partial charge in [-0.2, -0.15) is 5.10 Å². The predicted octanol–water partition coefficient (Wildman–Crippen LogP) is 2.61. The number of carbonyl (C=O) groups excluding carboxylic acids is 1. The van der Waals surface area contributed by atoms with Gasteiger partial charge in [-0.1, -0.05) is 30.3 Å². The average molecular weight is 226 g/mol. The number of rotatable bonds is 1. The van der Waals surface area contributed by atoms with Gasteiger partial charge in [-0.25, -0.2) is 0 Å². The van der Waals surface area contributed by atoms with E-state index in [1.54, 1.807) is 0 Å². The van der Waals surface area contributed by atoms with Crippen LogP contribution in [0, 0.1) is 0 Å². The van der Waals surface area contributed by atoms with Gasteiger partial charge < -0.3 is 0 Å². The summed E-state index contributed by atoms with van der Waals surface area (Å²) in [5.41, 5.74) is 3.83. The molecule has 0 saturated carbocycles. The minimum absolute atomic E-state index is 0.234. The molecule has 0 atom stereocenters. The molecule has 2 aromatic rings. The van der Waals surface area contributed by atoms with Crippen molar-refractivity contribution in [3.05, 3.63) is 41.6 Å². The molecule has 0 bridgehead atoms. The van der Waals surface area contributed by atoms with Crippen LogP contribution in [0.4, 0.5) is 0 Å². The maximum absolute atomic E-state index is 12.0. The summed E-state index contributed by atoms with van der Waals surface area (Å²) in [4.78, 5) is 12.0. The first-order valence-corrected chi connectivity index (χ1v) is 5.92. The highest BCUT2D eigenvalue weighted by Gasteiger charge is 2.26. The Balaban J connectivity index is 2.24. The molecule has 0 unspecified atom stereocenters. The van der Waals surface area contributed by atoms with E-state index in [0.717, 1.165) is 35.4 Å². The SMILES string of the molecule is Cn1nc2c(c1-c1ccccc1)C(=O)CCC2. The molecule has 0 amide bonds. The first-order valence-electron chi connectivity index (χ1n) is 5.92. The first kappa shape index (κ1) is 10.3. The monoisotopic (exact) mass is 226 g/mol. The minimum Gasteiger partial charge on any atom is -0.294 e. The van der Waals surface area contributed by atoms with Crippen molar-refractivity contribution in [2.24, 2.45) is 7.05 Å². The lowest BCUT2D eigenvalue weighted by Crippen LogP contribution is -2.10. The van der Waals surface area contributed by atoms with Gasteiger partial charge in [0.25, 0.3) is 0 Å². The summed E-state index contributed by atoms with van der Waals surface area (Å²) in [6, 6.07) is 10.0. The molecule has 0 aliphatic heterocycles. The van der Waals surface area contributed by atoms with Crippen LogP contribution in [0.25, 0.3) is 11.3 Å². The van der Waals surface area contributed by atoms with Crippen molar-refractivity contribution >= 4 is 5.78 Å². The molecular formula is C14H14N2O. The molecular weight excluding hydrogens is 212 g/mol. The summed E-state index contributed by atoms with van der Waals surface area (Å²) < 4.78 is 1.84. The predicted molar refractivity (Wildman–Crippen MR) is 65.9 cm³/mol. The van der Waals surface area contributed by atoms with E-state index in [-0.39, 0.29) is 5.78 Å². The lowest BCUT2D eigenvalue weighted by Gasteiger charge is -2.10. The Hall–Kier alpha value is -1.90. The number of Topliss-reactive ketones (excluding diaryl/α,β-unsaturated/α-hetero) is 1. The summed E-state index contributed by atoms with van der Waals surface area (Å²) in [7, 11) is 1.91. The fraction of sp³-hybridized carbons (Fsp3) is 0.286. The second-order valence-electron chi connectivity index (χ2n) is 4.44. The van der Waals surface area contributed by atoms with Gasteiger partial charge in [0.05, 0.1) is 17.0 Å². The summed E-state index contributed by atoms with van der Waals surface area (Å²) in [5, 5.41) is 4.47. The van der Waals surface area contributed by atoms with E-state index in [0.29, 0.717) is 6.42 Å². The van der Waals surface area contributed by atoms with Crippen LogP contribution in [-0.4, -0.2) is 15.6 Å². The molecule has 0 radical (unpaired) electrons. The highest BCUT2D eigenvalue weighted by atomic mass is 16.1. The Bertz CT molecular complexity index is 569. The van der Waals surface area contributed by atoms with Crippen molar-refractivity contribution in [1.82, 2.24) is 9.78 Å². The van der Waals surface area contributed by atoms with Crippen LogP contribution in [0.2, 0.25) is 0 Å². The van der Waals surface area contributed by atoms with Crippen molar-refractivity contribution in [3.63, 3.8) is 0 Å². The summed E-state index contributed by atoms with van der Waals surface area (Å²) >= 11 is 0. The highest BCUT2D eigenvalue weighted by Crippen LogP contribution is 2.30. The second kappa shape index (κ2) is 3.84. The first-order chi connectivity index (χ1) is 8.27. The zero-order valence-corrected chi connectivity index (χ0v) is 9.81. The van der Waals surface area contributed by atoms with Gasteiger partial charge in [0.2, 0.25) is 0 Å². The number of hydrogen-bond acceptors (Lipinski definition) is 2. The highest BCUT2D eigenvalue weighted by molar-refractivity contribution is 6.03. The Morgan fingerprint density at radius 3 is 2.71 bits per heavy atom. The standard InChI is InChI=1S/C14H14N2O/c1-16-14(10-6-3-2-4-7-10)13-11(15-16)8-5-9-12(13)17/h2-4,6-7H,5,8-9H2,1H3. The summed E-state index contributed by atoms with van der Waals surface area (Å²) in [6.07, 6.45) is 2.50. The molecule has 0 N–H and O–H groups in total. The Kier molecular flexibility index (Phi) is 2.32. The molecule has 0 saturated heterocycles. The fourth-order valence-electron chi connectivity index (χ4n) is 2.52. The fourth-order valence-corrected chi connectivity index (χ4v) is 2.52. The van der Waals surface area contributed by atoms with E-state index in [4.69, 9.17) is 0 Å². The smallest absolute Gasteiger partial charge is 0.166 e. The normalized spacial score (nSPS) is 14.8. The molecule has 1 aromatic heterocycles. The van der Waals surface area contributed by atoms with Crippen LogP contribution in [-0.2, 0) is 13.5 Å². The molecule has 17 heavy (non-hydrogen) atoms. The van der Waals surface area contributed by atoms with Crippen LogP contribution in [0.15, 0.2) is 30.3 Å². The van der Waals surface area contributed by atoms with Crippen LogP contribution in [0.3, 0.4) is 0 Å². The van der Waals surface area contributed by atoms with Gasteiger partial charge in [0.1, 0.15) is 0 Å². The summed E-state index contributed by atoms with van der Waals surface area (Å²) in [6.45, 7) is 0. The van der Waals surface area contributed by atoms with Crippen molar-refractivity contribution in [2.75, 3.05) is 0 Å². The third-order valence-corrected chi connectivity index (χ3v) is 3.26. The van der Waals surface area contributed by atoms with Crippen molar-refractivity contribution in [2.45, 2.75) is 19.3 Å². The van der Waals surface area contributed by atoms with E-state index < -0.39 is 0 Å². The molecule has 1 heterocycles. The Labute approximate surface area is 100 Å². The molecule has 3 nitrogen and oxygen atoms in total. The van der Waals surface area contributed by atoms with E-state index in [1.165, 1.54) is 0 Å². The zero-order valence-electron chi connectivity index (χ0n) is 9.81. The van der Waals surface area contributed by atoms with Gasteiger partial charge in [-0.05, 0) is 12.8 Å². The number of nitrogens with zero attached hydrogens (tertiary/aromatic N) is 2. The molecule has 3 rings (SSSR count). The van der Waals surface area contributed by atoms with Crippen LogP contribution in [0.5, 0.6) is 0 Å². The van der Waals surface area contributed by atoms with E-state index in [2.05, 4.69) is 5.10 Å². The molecule has 1 aliphatic carbocycles. The Morgan fingerprint density at radius 1 is 1.18 bits per heavy atom. The van der Waals surface area contributed by atoms with Gasteiger partial charge in [-0.15, -0.1) is 0 Å². The maximum atomic E-state index is 12.0. The average Bonchev–Trinajstić information content (AvgIpc) is 2.68. The lowest BCUT2D eigenvalue weighted by molar-refractivity contribution is 0.0973. The third kappa shape index (κ3) is 1.58. The Morgan fingerprint density at radius 2 is 1.94 bits per heavy atom. The third-order valence-electron chi connectivity index (χ3n) is 3.26. The number of hydrogen-bond donors (Lipinski definition) is 0. The molecule has 1 aromatic carbocycles. The van der Waals surface area contributed by atoms with Crippen molar-refractivity contribution in [3.8, 4) is 11.3 Å². The number of fused-ring (bicyclic) bond motifs is 1. The molecule has 0 fully saturated rings. The number of aromatic nitrogens is 2. The molecule has 3 heteroatoms. The second-order valence-corrected chi connectivity index (χ2v) is 4.44. The van der Waals surface area contributed by atoms with E-state index in [1.807, 2.05) is 42.1 Å². The zero-order chi connectivity index (χ0) is 11.8. The molecule has 86 valence electrons. The van der Waals surface area contributed by atoms with Gasteiger partial charge in [0.15, 0.2) is 5.78 Å². The number of ketones is 1.